The van der Waals surface area contributed by atoms with Crippen LogP contribution in [0, 0.1) is 6.92 Å². The van der Waals surface area contributed by atoms with Gasteiger partial charge in [0.15, 0.2) is 0 Å². The Hall–Kier alpha value is -1.70. The van der Waals surface area contributed by atoms with E-state index in [1.54, 1.807) is 6.08 Å². The number of hydrogen-bond acceptors (Lipinski definition) is 2. The summed E-state index contributed by atoms with van der Waals surface area (Å²) in [7, 11) is 1.87. The van der Waals surface area contributed by atoms with E-state index in [-0.39, 0.29) is 0 Å². The minimum atomic E-state index is 0.804. The molecule has 1 rings (SSSR count). The summed E-state index contributed by atoms with van der Waals surface area (Å²) in [4.78, 5) is 0. The zero-order chi connectivity index (χ0) is 10.6. The van der Waals surface area contributed by atoms with Crippen molar-refractivity contribution in [3.8, 4) is 0 Å². The summed E-state index contributed by atoms with van der Waals surface area (Å²) in [6, 6.07) is 4.02. The lowest BCUT2D eigenvalue weighted by Gasteiger charge is -2.10. The third kappa shape index (κ3) is 1.96. The molecule has 2 heteroatoms. The van der Waals surface area contributed by atoms with E-state index in [1.165, 1.54) is 0 Å². The number of hydrogen-bond donors (Lipinski definition) is 2. The number of nitrogens with two attached hydrogens (primary N) is 1. The summed E-state index contributed by atoms with van der Waals surface area (Å²) in [6.45, 7) is 5.64. The van der Waals surface area contributed by atoms with Crippen LogP contribution < -0.4 is 11.1 Å². The molecule has 0 fully saturated rings. The first-order valence-electron chi connectivity index (χ1n) is 4.56. The van der Waals surface area contributed by atoms with Crippen molar-refractivity contribution < 1.29 is 0 Å². The summed E-state index contributed by atoms with van der Waals surface area (Å²) in [5, 5.41) is 3.05. The summed E-state index contributed by atoms with van der Waals surface area (Å²) < 4.78 is 0. The number of benzene rings is 1. The van der Waals surface area contributed by atoms with Gasteiger partial charge in [-0.3, -0.25) is 0 Å². The molecule has 0 aromatic heterocycles. The molecule has 0 heterocycles. The first kappa shape index (κ1) is 10.4. The topological polar surface area (TPSA) is 38.0 Å². The maximum atomic E-state index is 5.94. The fraction of sp³-hybridized carbons (Fsp3) is 0.167. The van der Waals surface area contributed by atoms with Gasteiger partial charge in [-0.25, -0.2) is 0 Å². The number of anilines is 2. The average Bonchev–Trinajstić information content (AvgIpc) is 2.20. The van der Waals surface area contributed by atoms with Crippen LogP contribution in [0.5, 0.6) is 0 Å². The molecule has 0 spiro atoms. The lowest BCUT2D eigenvalue weighted by Crippen LogP contribution is -1.99. The Morgan fingerprint density at radius 2 is 2.14 bits per heavy atom. The summed E-state index contributed by atoms with van der Waals surface area (Å²) >= 11 is 0. The second kappa shape index (κ2) is 4.51. The van der Waals surface area contributed by atoms with Crippen molar-refractivity contribution >= 4 is 17.5 Å². The SMILES string of the molecule is C=C/C=C/c1ccc(NC)c(N)c1C. The molecule has 0 unspecified atom stereocenters. The molecule has 0 atom stereocenters. The van der Waals surface area contributed by atoms with Gasteiger partial charge in [-0.2, -0.15) is 0 Å². The zero-order valence-electron chi connectivity index (χ0n) is 8.67. The molecule has 1 aromatic carbocycles. The summed E-state index contributed by atoms with van der Waals surface area (Å²) in [5.74, 6) is 0. The van der Waals surface area contributed by atoms with Gasteiger partial charge in [0.25, 0.3) is 0 Å². The van der Waals surface area contributed by atoms with E-state index in [4.69, 9.17) is 5.73 Å². The highest BCUT2D eigenvalue weighted by molar-refractivity contribution is 5.75. The van der Waals surface area contributed by atoms with Gasteiger partial charge in [0.05, 0.1) is 11.4 Å². The molecule has 2 nitrogen and oxygen atoms in total. The molecule has 0 aliphatic rings. The van der Waals surface area contributed by atoms with Gasteiger partial charge >= 0.3 is 0 Å². The van der Waals surface area contributed by atoms with Crippen LogP contribution in [0.15, 0.2) is 30.9 Å². The maximum Gasteiger partial charge on any atom is 0.0585 e. The Kier molecular flexibility index (Phi) is 3.35. The molecule has 0 radical (unpaired) electrons. The highest BCUT2D eigenvalue weighted by atomic mass is 14.8. The van der Waals surface area contributed by atoms with Gasteiger partial charge in [-0.15, -0.1) is 0 Å². The van der Waals surface area contributed by atoms with Crippen molar-refractivity contribution in [2.24, 2.45) is 0 Å². The van der Waals surface area contributed by atoms with Crippen molar-refractivity contribution in [1.82, 2.24) is 0 Å². The first-order chi connectivity index (χ1) is 6.70. The van der Waals surface area contributed by atoms with Crippen LogP contribution in [0.3, 0.4) is 0 Å². The minimum absolute atomic E-state index is 0.804. The third-order valence-corrected chi connectivity index (χ3v) is 2.24. The van der Waals surface area contributed by atoms with Crippen LogP contribution in [0.2, 0.25) is 0 Å². The van der Waals surface area contributed by atoms with Gasteiger partial charge in [0.2, 0.25) is 0 Å². The molecule has 0 bridgehead atoms. The van der Waals surface area contributed by atoms with Crippen molar-refractivity contribution in [3.05, 3.63) is 42.0 Å². The molecule has 0 saturated heterocycles. The van der Waals surface area contributed by atoms with E-state index in [2.05, 4.69) is 11.9 Å². The standard InChI is InChI=1S/C12H16N2/c1-4-5-6-10-7-8-11(14-3)12(13)9(10)2/h4-8,14H,1,13H2,2-3H3/b6-5+. The Bertz CT molecular complexity index is 365. The smallest absolute Gasteiger partial charge is 0.0585 e. The molecular weight excluding hydrogens is 172 g/mol. The van der Waals surface area contributed by atoms with Crippen LogP contribution in [0.4, 0.5) is 11.4 Å². The number of allylic oxidation sites excluding steroid dienone is 2. The van der Waals surface area contributed by atoms with Crippen molar-refractivity contribution in [2.45, 2.75) is 6.92 Å². The second-order valence-corrected chi connectivity index (χ2v) is 3.09. The van der Waals surface area contributed by atoms with Gasteiger partial charge in [0, 0.05) is 7.05 Å². The average molecular weight is 188 g/mol. The molecular formula is C12H16N2. The summed E-state index contributed by atoms with van der Waals surface area (Å²) in [6.07, 6.45) is 5.65. The second-order valence-electron chi connectivity index (χ2n) is 3.09. The van der Waals surface area contributed by atoms with Crippen LogP contribution >= 0.6 is 0 Å². The van der Waals surface area contributed by atoms with Gasteiger partial charge in [0.1, 0.15) is 0 Å². The quantitative estimate of drug-likeness (QED) is 0.565. The molecule has 74 valence electrons. The van der Waals surface area contributed by atoms with Crippen LogP contribution in [0.1, 0.15) is 11.1 Å². The lowest BCUT2D eigenvalue weighted by molar-refractivity contribution is 1.41. The van der Waals surface area contributed by atoms with E-state index in [0.29, 0.717) is 0 Å². The van der Waals surface area contributed by atoms with Crippen molar-refractivity contribution in [2.75, 3.05) is 18.1 Å². The maximum absolute atomic E-state index is 5.94. The molecule has 14 heavy (non-hydrogen) atoms. The Labute approximate surface area is 85.1 Å². The zero-order valence-corrected chi connectivity index (χ0v) is 8.67. The molecule has 0 aliphatic carbocycles. The van der Waals surface area contributed by atoms with Crippen LogP contribution in [-0.2, 0) is 0 Å². The fourth-order valence-corrected chi connectivity index (χ4v) is 1.32. The van der Waals surface area contributed by atoms with Gasteiger partial charge in [-0.05, 0) is 24.1 Å². The highest BCUT2D eigenvalue weighted by Crippen LogP contribution is 2.25. The summed E-state index contributed by atoms with van der Waals surface area (Å²) in [5.41, 5.74) is 9.94. The molecule has 0 amide bonds. The van der Waals surface area contributed by atoms with E-state index >= 15 is 0 Å². The third-order valence-electron chi connectivity index (χ3n) is 2.24. The molecule has 1 aromatic rings. The largest absolute Gasteiger partial charge is 0.397 e. The Balaban J connectivity index is 3.16. The van der Waals surface area contributed by atoms with Crippen molar-refractivity contribution in [1.29, 1.82) is 0 Å². The molecule has 0 saturated carbocycles. The van der Waals surface area contributed by atoms with E-state index in [9.17, 15) is 0 Å². The number of nitrogens with one attached hydrogen (secondary N) is 1. The van der Waals surface area contributed by atoms with Crippen LogP contribution in [0.25, 0.3) is 6.08 Å². The lowest BCUT2D eigenvalue weighted by atomic mass is 10.0. The van der Waals surface area contributed by atoms with E-state index in [0.717, 1.165) is 22.5 Å². The highest BCUT2D eigenvalue weighted by Gasteiger charge is 2.02. The Morgan fingerprint density at radius 1 is 1.43 bits per heavy atom. The van der Waals surface area contributed by atoms with Crippen molar-refractivity contribution in [3.63, 3.8) is 0 Å². The van der Waals surface area contributed by atoms with E-state index in [1.807, 2.05) is 38.3 Å². The molecule has 3 N–H and O–H groups in total. The first-order valence-corrected chi connectivity index (χ1v) is 4.56. The molecule has 0 aliphatic heterocycles. The Morgan fingerprint density at radius 3 is 2.71 bits per heavy atom. The predicted molar refractivity (Wildman–Crippen MR) is 64.4 cm³/mol. The van der Waals surface area contributed by atoms with Crippen LogP contribution in [-0.4, -0.2) is 7.05 Å². The fourth-order valence-electron chi connectivity index (χ4n) is 1.32. The number of rotatable bonds is 3. The van der Waals surface area contributed by atoms with Gasteiger partial charge < -0.3 is 11.1 Å². The van der Waals surface area contributed by atoms with Gasteiger partial charge in [-0.1, -0.05) is 30.9 Å². The van der Waals surface area contributed by atoms with E-state index < -0.39 is 0 Å². The minimum Gasteiger partial charge on any atom is -0.397 e. The normalized spacial score (nSPS) is 10.4. The number of nitrogen functional groups attached to an aromatic ring is 1. The monoisotopic (exact) mass is 188 g/mol. The predicted octanol–water partition coefficient (Wildman–Crippen LogP) is 2.82.